The van der Waals surface area contributed by atoms with Gasteiger partial charge in [-0.05, 0) is 50.5 Å². The van der Waals surface area contributed by atoms with Crippen LogP contribution in [0.2, 0.25) is 0 Å². The lowest BCUT2D eigenvalue weighted by Crippen LogP contribution is -2.08. The molecule has 1 aliphatic rings. The lowest BCUT2D eigenvalue weighted by atomic mass is 10.0. The number of thiazole rings is 1. The zero-order valence-corrected chi connectivity index (χ0v) is 18.9. The molecular weight excluding hydrogens is 430 g/mol. The van der Waals surface area contributed by atoms with Crippen LogP contribution < -0.4 is 14.8 Å². The van der Waals surface area contributed by atoms with Gasteiger partial charge in [0, 0.05) is 12.5 Å². The van der Waals surface area contributed by atoms with Crippen molar-refractivity contribution in [3.05, 3.63) is 57.4 Å². The summed E-state index contributed by atoms with van der Waals surface area (Å²) < 4.78 is 16.5. The molecule has 0 atom stereocenters. The molecule has 4 rings (SSSR count). The van der Waals surface area contributed by atoms with Crippen molar-refractivity contribution in [2.24, 2.45) is 0 Å². The van der Waals surface area contributed by atoms with Crippen molar-refractivity contribution in [3.63, 3.8) is 0 Å². The minimum absolute atomic E-state index is 0.101. The van der Waals surface area contributed by atoms with E-state index in [9.17, 15) is 9.59 Å². The molecule has 1 amide bonds. The third kappa shape index (κ3) is 4.72. The molecule has 3 aromatic rings. The van der Waals surface area contributed by atoms with Crippen LogP contribution in [0.4, 0.5) is 5.13 Å². The standard InChI is InChI=1S/C23H23N3O5S/c1-13-16(14(2)31-26-13)12-30-19-9-7-15(11-20(19)29-3)8-10-21(28)25-23-24-17-5-4-6-18(27)22(17)32-23/h7-11H,4-6,12H2,1-3H3,(H,24,25,28)/b10-8+. The largest absolute Gasteiger partial charge is 0.493 e. The molecule has 166 valence electrons. The fourth-order valence-corrected chi connectivity index (χ4v) is 4.39. The van der Waals surface area contributed by atoms with E-state index < -0.39 is 0 Å². The number of carbonyl (C=O) groups is 2. The van der Waals surface area contributed by atoms with Crippen LogP contribution in [0.25, 0.3) is 6.08 Å². The van der Waals surface area contributed by atoms with Gasteiger partial charge >= 0.3 is 0 Å². The molecule has 0 aliphatic heterocycles. The summed E-state index contributed by atoms with van der Waals surface area (Å²) in [7, 11) is 1.56. The number of anilines is 1. The van der Waals surface area contributed by atoms with Gasteiger partial charge in [-0.25, -0.2) is 4.98 Å². The van der Waals surface area contributed by atoms with E-state index in [1.807, 2.05) is 19.9 Å². The third-order valence-corrected chi connectivity index (χ3v) is 6.22. The number of aryl methyl sites for hydroxylation is 3. The minimum atomic E-state index is -0.318. The van der Waals surface area contributed by atoms with Crippen LogP contribution in [0, 0.1) is 13.8 Å². The Bertz CT molecular complexity index is 1170. The van der Waals surface area contributed by atoms with Crippen LogP contribution in [-0.4, -0.2) is 28.9 Å². The van der Waals surface area contributed by atoms with Crippen LogP contribution in [0.3, 0.4) is 0 Å². The quantitative estimate of drug-likeness (QED) is 0.525. The summed E-state index contributed by atoms with van der Waals surface area (Å²) in [5.74, 6) is 1.62. The summed E-state index contributed by atoms with van der Waals surface area (Å²) in [5.41, 5.74) is 3.24. The molecule has 0 saturated carbocycles. The molecular formula is C23H23N3O5S. The second-order valence-electron chi connectivity index (χ2n) is 7.40. The topological polar surface area (TPSA) is 104 Å². The number of ether oxygens (including phenoxy) is 2. The van der Waals surface area contributed by atoms with Crippen molar-refractivity contribution in [2.45, 2.75) is 39.7 Å². The molecule has 8 nitrogen and oxygen atoms in total. The predicted molar refractivity (Wildman–Crippen MR) is 120 cm³/mol. The number of Topliss-reactive ketones (excluding diaryl/α,β-unsaturated/α-hetero) is 1. The normalized spacial score (nSPS) is 13.3. The molecule has 0 radical (unpaired) electrons. The molecule has 1 aromatic carbocycles. The number of rotatable bonds is 7. The van der Waals surface area contributed by atoms with E-state index in [1.54, 1.807) is 25.3 Å². The first-order valence-corrected chi connectivity index (χ1v) is 11.0. The molecule has 0 saturated heterocycles. The summed E-state index contributed by atoms with van der Waals surface area (Å²) >= 11 is 1.23. The predicted octanol–water partition coefficient (Wildman–Crippen LogP) is 4.51. The molecule has 1 aliphatic carbocycles. The molecule has 32 heavy (non-hydrogen) atoms. The number of hydrogen-bond donors (Lipinski definition) is 1. The maximum atomic E-state index is 12.3. The summed E-state index contributed by atoms with van der Waals surface area (Å²) in [6.07, 6.45) is 5.22. The second kappa shape index (κ2) is 9.35. The fourth-order valence-electron chi connectivity index (χ4n) is 3.41. The van der Waals surface area contributed by atoms with Crippen molar-refractivity contribution < 1.29 is 23.6 Å². The highest BCUT2D eigenvalue weighted by atomic mass is 32.1. The Balaban J connectivity index is 1.40. The highest BCUT2D eigenvalue weighted by molar-refractivity contribution is 7.17. The molecule has 0 bridgehead atoms. The number of ketones is 1. The molecule has 0 fully saturated rings. The Labute approximate surface area is 189 Å². The fraction of sp³-hybridized carbons (Fsp3) is 0.304. The van der Waals surface area contributed by atoms with Gasteiger partial charge in [-0.3, -0.25) is 14.9 Å². The van der Waals surface area contributed by atoms with Gasteiger partial charge in [-0.15, -0.1) is 0 Å². The SMILES string of the molecule is COc1cc(/C=C/C(=O)Nc2nc3c(s2)C(=O)CCC3)ccc1OCc1c(C)noc1C. The van der Waals surface area contributed by atoms with Crippen molar-refractivity contribution in [1.29, 1.82) is 0 Å². The first-order chi connectivity index (χ1) is 15.4. The zero-order valence-electron chi connectivity index (χ0n) is 18.1. The monoisotopic (exact) mass is 453 g/mol. The summed E-state index contributed by atoms with van der Waals surface area (Å²) in [6, 6.07) is 5.40. The maximum absolute atomic E-state index is 12.3. The number of hydrogen-bond acceptors (Lipinski definition) is 8. The van der Waals surface area contributed by atoms with Gasteiger partial charge in [0.1, 0.15) is 12.4 Å². The minimum Gasteiger partial charge on any atom is -0.493 e. The van der Waals surface area contributed by atoms with Crippen LogP contribution >= 0.6 is 11.3 Å². The van der Waals surface area contributed by atoms with Gasteiger partial charge < -0.3 is 14.0 Å². The number of aromatic nitrogens is 2. The number of fused-ring (bicyclic) bond motifs is 1. The number of nitrogens with zero attached hydrogens (tertiary/aromatic N) is 2. The number of nitrogens with one attached hydrogen (secondary N) is 1. The van der Waals surface area contributed by atoms with Crippen LogP contribution in [-0.2, 0) is 17.8 Å². The van der Waals surface area contributed by atoms with E-state index >= 15 is 0 Å². The zero-order chi connectivity index (χ0) is 22.7. The van der Waals surface area contributed by atoms with Crippen molar-refractivity contribution >= 4 is 34.2 Å². The molecule has 2 aromatic heterocycles. The van der Waals surface area contributed by atoms with Gasteiger partial charge in [-0.2, -0.15) is 0 Å². The average molecular weight is 454 g/mol. The molecule has 1 N–H and O–H groups in total. The number of methoxy groups -OCH3 is 1. The Morgan fingerprint density at radius 1 is 1.28 bits per heavy atom. The third-order valence-electron chi connectivity index (χ3n) is 5.17. The Hall–Kier alpha value is -3.46. The summed E-state index contributed by atoms with van der Waals surface area (Å²) in [4.78, 5) is 29.3. The van der Waals surface area contributed by atoms with Crippen molar-refractivity contribution in [3.8, 4) is 11.5 Å². The van der Waals surface area contributed by atoms with E-state index in [4.69, 9.17) is 14.0 Å². The van der Waals surface area contributed by atoms with Crippen LogP contribution in [0.15, 0.2) is 28.8 Å². The lowest BCUT2D eigenvalue weighted by Gasteiger charge is -2.11. The molecule has 9 heteroatoms. The van der Waals surface area contributed by atoms with Gasteiger partial charge in [-0.1, -0.05) is 22.6 Å². The number of carbonyl (C=O) groups excluding carboxylic acids is 2. The van der Waals surface area contributed by atoms with Crippen LogP contribution in [0.5, 0.6) is 11.5 Å². The highest BCUT2D eigenvalue weighted by Crippen LogP contribution is 2.31. The first-order valence-electron chi connectivity index (χ1n) is 10.2. The van der Waals surface area contributed by atoms with E-state index in [-0.39, 0.29) is 11.7 Å². The van der Waals surface area contributed by atoms with E-state index in [0.29, 0.717) is 34.5 Å². The molecule has 2 heterocycles. The number of benzene rings is 1. The number of amides is 1. The summed E-state index contributed by atoms with van der Waals surface area (Å²) in [6.45, 7) is 4.02. The summed E-state index contributed by atoms with van der Waals surface area (Å²) in [5, 5.41) is 7.10. The van der Waals surface area contributed by atoms with Crippen LogP contribution in [0.1, 0.15) is 50.8 Å². The Kier molecular flexibility index (Phi) is 6.36. The van der Waals surface area contributed by atoms with Crippen molar-refractivity contribution in [2.75, 3.05) is 12.4 Å². The van der Waals surface area contributed by atoms with E-state index in [1.165, 1.54) is 17.4 Å². The Morgan fingerprint density at radius 2 is 2.12 bits per heavy atom. The highest BCUT2D eigenvalue weighted by Gasteiger charge is 2.22. The second-order valence-corrected chi connectivity index (χ2v) is 8.39. The molecule has 0 spiro atoms. The smallest absolute Gasteiger partial charge is 0.250 e. The van der Waals surface area contributed by atoms with Gasteiger partial charge in [0.05, 0.1) is 28.9 Å². The van der Waals surface area contributed by atoms with E-state index in [2.05, 4.69) is 15.5 Å². The molecule has 0 unspecified atom stereocenters. The lowest BCUT2D eigenvalue weighted by molar-refractivity contribution is -0.111. The van der Waals surface area contributed by atoms with Gasteiger partial charge in [0.2, 0.25) is 5.91 Å². The average Bonchev–Trinajstić information content (AvgIpc) is 3.34. The van der Waals surface area contributed by atoms with Gasteiger partial charge in [0.25, 0.3) is 0 Å². The Morgan fingerprint density at radius 3 is 2.84 bits per heavy atom. The first kappa shape index (κ1) is 21.8. The van der Waals surface area contributed by atoms with E-state index in [0.717, 1.165) is 41.1 Å². The van der Waals surface area contributed by atoms with Gasteiger partial charge in [0.15, 0.2) is 22.4 Å². The maximum Gasteiger partial charge on any atom is 0.250 e. The van der Waals surface area contributed by atoms with Crippen molar-refractivity contribution in [1.82, 2.24) is 10.1 Å².